The summed E-state index contributed by atoms with van der Waals surface area (Å²) >= 11 is 0. The summed E-state index contributed by atoms with van der Waals surface area (Å²) in [5.74, 6) is 1.04. The number of aliphatic carboxylic acids is 1. The molecular weight excluding hydrogens is 218 g/mol. The van der Waals surface area contributed by atoms with Crippen molar-refractivity contribution in [3.05, 3.63) is 18.1 Å². The lowest BCUT2D eigenvalue weighted by Gasteiger charge is -2.18. The molecule has 2 N–H and O–H groups in total. The lowest BCUT2D eigenvalue weighted by Crippen LogP contribution is -2.34. The summed E-state index contributed by atoms with van der Waals surface area (Å²) in [5.41, 5.74) is 0. The van der Waals surface area contributed by atoms with Crippen LogP contribution in [0, 0.1) is 5.92 Å². The zero-order valence-corrected chi connectivity index (χ0v) is 10.1. The minimum Gasteiger partial charge on any atom is -0.480 e. The smallest absolute Gasteiger partial charge is 0.326 e. The lowest BCUT2D eigenvalue weighted by atomic mass is 10.1. The van der Waals surface area contributed by atoms with Crippen molar-refractivity contribution >= 4 is 11.8 Å². The van der Waals surface area contributed by atoms with E-state index in [1.165, 1.54) is 0 Å². The van der Waals surface area contributed by atoms with E-state index in [1.807, 2.05) is 13.8 Å². The maximum atomic E-state index is 11.1. The number of hydrogen-bond acceptors (Lipinski definition) is 4. The highest BCUT2D eigenvalue weighted by molar-refractivity contribution is 5.77. The number of hydrogen-bond donors (Lipinski definition) is 2. The maximum absolute atomic E-state index is 11.1. The Labute approximate surface area is 100 Å². The molecule has 1 saturated carbocycles. The normalized spacial score (nSPS) is 16.9. The predicted octanol–water partition coefficient (Wildman–Crippen LogP) is 1.88. The van der Waals surface area contributed by atoms with Gasteiger partial charge in [0.05, 0.1) is 0 Å². The van der Waals surface area contributed by atoms with E-state index in [4.69, 9.17) is 5.11 Å². The van der Waals surface area contributed by atoms with Crippen LogP contribution in [0.3, 0.4) is 0 Å². The summed E-state index contributed by atoms with van der Waals surface area (Å²) in [7, 11) is 0. The van der Waals surface area contributed by atoms with Crippen molar-refractivity contribution in [1.29, 1.82) is 0 Å². The molecule has 1 aliphatic carbocycles. The van der Waals surface area contributed by atoms with Gasteiger partial charge in [0.2, 0.25) is 0 Å². The Balaban J connectivity index is 2.10. The average molecular weight is 235 g/mol. The van der Waals surface area contributed by atoms with Gasteiger partial charge in [0.25, 0.3) is 0 Å². The van der Waals surface area contributed by atoms with Gasteiger partial charge >= 0.3 is 5.97 Å². The van der Waals surface area contributed by atoms with Crippen LogP contribution in [0.2, 0.25) is 0 Å². The van der Waals surface area contributed by atoms with Crippen LogP contribution < -0.4 is 5.32 Å². The molecule has 5 heteroatoms. The highest BCUT2D eigenvalue weighted by atomic mass is 16.4. The van der Waals surface area contributed by atoms with Crippen molar-refractivity contribution in [2.24, 2.45) is 5.92 Å². The van der Waals surface area contributed by atoms with Crippen LogP contribution in [0.5, 0.6) is 0 Å². The summed E-state index contributed by atoms with van der Waals surface area (Å²) in [4.78, 5) is 19.6. The van der Waals surface area contributed by atoms with Crippen LogP contribution >= 0.6 is 0 Å². The first kappa shape index (κ1) is 11.8. The third kappa shape index (κ3) is 2.93. The number of anilines is 1. The molecule has 0 amide bonds. The Bertz CT molecular complexity index is 416. The Morgan fingerprint density at radius 1 is 1.53 bits per heavy atom. The first-order chi connectivity index (χ1) is 8.08. The fourth-order valence-electron chi connectivity index (χ4n) is 1.67. The number of nitrogens with one attached hydrogen (secondary N) is 1. The van der Waals surface area contributed by atoms with Crippen molar-refractivity contribution < 1.29 is 9.90 Å². The van der Waals surface area contributed by atoms with Crippen molar-refractivity contribution in [2.45, 2.75) is 38.6 Å². The van der Waals surface area contributed by atoms with E-state index >= 15 is 0 Å². The minimum atomic E-state index is -0.855. The summed E-state index contributed by atoms with van der Waals surface area (Å²) in [6.45, 7) is 3.74. The first-order valence-corrected chi connectivity index (χ1v) is 5.90. The number of nitrogens with zero attached hydrogens (tertiary/aromatic N) is 2. The summed E-state index contributed by atoms with van der Waals surface area (Å²) in [6.07, 6.45) is 3.95. The Morgan fingerprint density at radius 2 is 2.24 bits per heavy atom. The molecule has 0 unspecified atom stereocenters. The lowest BCUT2D eigenvalue weighted by molar-refractivity contribution is -0.138. The Kier molecular flexibility index (Phi) is 3.26. The van der Waals surface area contributed by atoms with Crippen LogP contribution in [0.25, 0.3) is 0 Å². The number of carboxylic acid groups (broad SMARTS) is 1. The molecule has 92 valence electrons. The molecular formula is C12H17N3O2. The monoisotopic (exact) mass is 235 g/mol. The molecule has 0 spiro atoms. The van der Waals surface area contributed by atoms with Gasteiger partial charge in [-0.15, -0.1) is 0 Å². The van der Waals surface area contributed by atoms with Gasteiger partial charge < -0.3 is 10.4 Å². The topological polar surface area (TPSA) is 75.1 Å². The fraction of sp³-hybridized carbons (Fsp3) is 0.583. The minimum absolute atomic E-state index is 0.00633. The van der Waals surface area contributed by atoms with Crippen molar-refractivity contribution in [3.8, 4) is 0 Å². The van der Waals surface area contributed by atoms with Gasteiger partial charge in [-0.05, 0) is 24.8 Å². The van der Waals surface area contributed by atoms with Gasteiger partial charge in [-0.3, -0.25) is 0 Å². The molecule has 0 saturated heterocycles. The molecule has 1 atom stereocenters. The van der Waals surface area contributed by atoms with Crippen LogP contribution in [0.1, 0.15) is 38.4 Å². The molecule has 1 aromatic heterocycles. The van der Waals surface area contributed by atoms with Gasteiger partial charge in [0.1, 0.15) is 17.7 Å². The van der Waals surface area contributed by atoms with Gasteiger partial charge in [-0.1, -0.05) is 13.8 Å². The van der Waals surface area contributed by atoms with E-state index < -0.39 is 12.0 Å². The number of rotatable bonds is 5. The van der Waals surface area contributed by atoms with E-state index in [9.17, 15) is 4.79 Å². The third-order valence-corrected chi connectivity index (χ3v) is 2.85. The van der Waals surface area contributed by atoms with Crippen LogP contribution in [0.4, 0.5) is 5.82 Å². The second-order valence-corrected chi connectivity index (χ2v) is 4.78. The van der Waals surface area contributed by atoms with Crippen LogP contribution in [-0.4, -0.2) is 27.1 Å². The second kappa shape index (κ2) is 4.69. The number of carboxylic acids is 1. The van der Waals surface area contributed by atoms with Gasteiger partial charge in [0.15, 0.2) is 0 Å². The third-order valence-electron chi connectivity index (χ3n) is 2.85. The molecule has 2 rings (SSSR count). The number of aromatic nitrogens is 2. The molecule has 1 heterocycles. The zero-order valence-electron chi connectivity index (χ0n) is 10.1. The second-order valence-electron chi connectivity index (χ2n) is 4.78. The number of carbonyl (C=O) groups is 1. The summed E-state index contributed by atoms with van der Waals surface area (Å²) in [5, 5.41) is 12.0. The first-order valence-electron chi connectivity index (χ1n) is 5.90. The molecule has 0 aliphatic heterocycles. The van der Waals surface area contributed by atoms with E-state index in [1.54, 1.807) is 12.3 Å². The van der Waals surface area contributed by atoms with Crippen molar-refractivity contribution in [3.63, 3.8) is 0 Å². The molecule has 1 fully saturated rings. The molecule has 5 nitrogen and oxygen atoms in total. The Hall–Kier alpha value is -1.65. The van der Waals surface area contributed by atoms with Gasteiger partial charge in [-0.25, -0.2) is 14.8 Å². The van der Waals surface area contributed by atoms with E-state index in [-0.39, 0.29) is 5.92 Å². The highest BCUT2D eigenvalue weighted by Crippen LogP contribution is 2.38. The summed E-state index contributed by atoms with van der Waals surface area (Å²) < 4.78 is 0. The van der Waals surface area contributed by atoms with E-state index in [0.29, 0.717) is 11.7 Å². The standard InChI is InChI=1S/C12H17N3O2/c1-7(2)10(12(16)17)14-9-5-6-13-11(15-9)8-3-4-8/h5-8,10H,3-4H2,1-2H3,(H,16,17)(H,13,14,15)/t10-/m1/s1. The molecule has 17 heavy (non-hydrogen) atoms. The van der Waals surface area contributed by atoms with Crippen LogP contribution in [-0.2, 0) is 4.79 Å². The van der Waals surface area contributed by atoms with Crippen molar-refractivity contribution in [2.75, 3.05) is 5.32 Å². The zero-order chi connectivity index (χ0) is 12.4. The van der Waals surface area contributed by atoms with E-state index in [2.05, 4.69) is 15.3 Å². The van der Waals surface area contributed by atoms with Crippen molar-refractivity contribution in [1.82, 2.24) is 9.97 Å². The molecule has 0 radical (unpaired) electrons. The average Bonchev–Trinajstić information content (AvgIpc) is 3.09. The van der Waals surface area contributed by atoms with Gasteiger partial charge in [-0.2, -0.15) is 0 Å². The van der Waals surface area contributed by atoms with Crippen LogP contribution in [0.15, 0.2) is 12.3 Å². The molecule has 0 bridgehead atoms. The van der Waals surface area contributed by atoms with E-state index in [0.717, 1.165) is 18.7 Å². The maximum Gasteiger partial charge on any atom is 0.326 e. The molecule has 1 aliphatic rings. The largest absolute Gasteiger partial charge is 0.480 e. The van der Waals surface area contributed by atoms with Gasteiger partial charge in [0, 0.05) is 12.1 Å². The molecule has 1 aromatic rings. The predicted molar refractivity (Wildman–Crippen MR) is 63.9 cm³/mol. The summed E-state index contributed by atoms with van der Waals surface area (Å²) in [6, 6.07) is 1.10. The Morgan fingerprint density at radius 3 is 2.76 bits per heavy atom. The quantitative estimate of drug-likeness (QED) is 0.815. The fourth-order valence-corrected chi connectivity index (χ4v) is 1.67. The molecule has 0 aromatic carbocycles. The SMILES string of the molecule is CC(C)[C@@H](Nc1ccnc(C2CC2)n1)C(=O)O. The highest BCUT2D eigenvalue weighted by Gasteiger charge is 2.27.